The van der Waals surface area contributed by atoms with E-state index in [9.17, 15) is 0 Å². The zero-order valence-electron chi connectivity index (χ0n) is 11.4. The average Bonchev–Trinajstić information content (AvgIpc) is 2.71. The van der Waals surface area contributed by atoms with Crippen LogP contribution in [-0.2, 0) is 26.4 Å². The SMILES string of the molecule is CCc1nn(C)c(CNCCc2ccccn2)c1Cl. The molecule has 2 rings (SSSR count). The van der Waals surface area contributed by atoms with Crippen molar-refractivity contribution < 1.29 is 0 Å². The molecule has 0 aliphatic carbocycles. The van der Waals surface area contributed by atoms with Gasteiger partial charge in [-0.3, -0.25) is 9.67 Å². The van der Waals surface area contributed by atoms with E-state index in [1.54, 1.807) is 0 Å². The van der Waals surface area contributed by atoms with E-state index in [0.29, 0.717) is 0 Å². The number of hydrogen-bond donors (Lipinski definition) is 1. The van der Waals surface area contributed by atoms with Crippen LogP contribution in [0.5, 0.6) is 0 Å². The van der Waals surface area contributed by atoms with Gasteiger partial charge in [-0.25, -0.2) is 0 Å². The first-order chi connectivity index (χ1) is 9.22. The summed E-state index contributed by atoms with van der Waals surface area (Å²) in [6.07, 6.45) is 3.60. The van der Waals surface area contributed by atoms with Crippen molar-refractivity contribution in [1.82, 2.24) is 20.1 Å². The van der Waals surface area contributed by atoms with Gasteiger partial charge in [0.15, 0.2) is 0 Å². The highest BCUT2D eigenvalue weighted by Gasteiger charge is 2.11. The fourth-order valence-corrected chi connectivity index (χ4v) is 2.34. The van der Waals surface area contributed by atoms with Crippen molar-refractivity contribution in [3.63, 3.8) is 0 Å². The zero-order chi connectivity index (χ0) is 13.7. The van der Waals surface area contributed by atoms with Crippen LogP contribution in [0, 0.1) is 0 Å². The molecule has 0 saturated carbocycles. The molecule has 5 heteroatoms. The molecule has 0 unspecified atom stereocenters. The number of nitrogens with zero attached hydrogens (tertiary/aromatic N) is 3. The molecule has 0 aliphatic heterocycles. The van der Waals surface area contributed by atoms with Crippen molar-refractivity contribution in [1.29, 1.82) is 0 Å². The van der Waals surface area contributed by atoms with Crippen LogP contribution in [0.2, 0.25) is 5.02 Å². The van der Waals surface area contributed by atoms with Gasteiger partial charge in [-0.15, -0.1) is 0 Å². The fraction of sp³-hybridized carbons (Fsp3) is 0.429. The second-order valence-electron chi connectivity index (χ2n) is 4.43. The number of halogens is 1. The molecular formula is C14H19ClN4. The van der Waals surface area contributed by atoms with Gasteiger partial charge in [0.2, 0.25) is 0 Å². The molecule has 0 aromatic carbocycles. The summed E-state index contributed by atoms with van der Waals surface area (Å²) in [7, 11) is 1.93. The molecule has 1 N–H and O–H groups in total. The van der Waals surface area contributed by atoms with Crippen LogP contribution in [0.4, 0.5) is 0 Å². The summed E-state index contributed by atoms with van der Waals surface area (Å²) in [6.45, 7) is 3.67. The van der Waals surface area contributed by atoms with Gasteiger partial charge >= 0.3 is 0 Å². The summed E-state index contributed by atoms with van der Waals surface area (Å²) in [5.74, 6) is 0. The van der Waals surface area contributed by atoms with E-state index in [4.69, 9.17) is 11.6 Å². The standard InChI is InChI=1S/C14H19ClN4/c1-3-12-14(15)13(19(2)18-12)10-16-9-7-11-6-4-5-8-17-11/h4-6,8,16H,3,7,9-10H2,1-2H3. The summed E-state index contributed by atoms with van der Waals surface area (Å²) in [4.78, 5) is 4.29. The topological polar surface area (TPSA) is 42.7 Å². The number of pyridine rings is 1. The van der Waals surface area contributed by atoms with E-state index in [-0.39, 0.29) is 0 Å². The lowest BCUT2D eigenvalue weighted by atomic mass is 10.2. The Labute approximate surface area is 118 Å². The molecule has 0 amide bonds. The smallest absolute Gasteiger partial charge is 0.0863 e. The maximum absolute atomic E-state index is 6.29. The largest absolute Gasteiger partial charge is 0.311 e. The van der Waals surface area contributed by atoms with Crippen LogP contribution >= 0.6 is 11.6 Å². The van der Waals surface area contributed by atoms with Crippen molar-refractivity contribution in [3.8, 4) is 0 Å². The third kappa shape index (κ3) is 3.55. The van der Waals surface area contributed by atoms with Gasteiger partial charge in [0.1, 0.15) is 0 Å². The van der Waals surface area contributed by atoms with Crippen molar-refractivity contribution >= 4 is 11.6 Å². The lowest BCUT2D eigenvalue weighted by Crippen LogP contribution is -2.19. The quantitative estimate of drug-likeness (QED) is 0.825. The van der Waals surface area contributed by atoms with Crippen molar-refractivity contribution in [2.24, 2.45) is 7.05 Å². The Morgan fingerprint density at radius 1 is 1.37 bits per heavy atom. The number of aromatic nitrogens is 3. The number of nitrogens with one attached hydrogen (secondary N) is 1. The van der Waals surface area contributed by atoms with E-state index in [1.807, 2.05) is 36.1 Å². The van der Waals surface area contributed by atoms with Gasteiger partial charge in [-0.2, -0.15) is 5.10 Å². The van der Waals surface area contributed by atoms with Gasteiger partial charge in [-0.05, 0) is 18.6 Å². The summed E-state index contributed by atoms with van der Waals surface area (Å²) >= 11 is 6.29. The lowest BCUT2D eigenvalue weighted by Gasteiger charge is -2.05. The van der Waals surface area contributed by atoms with Gasteiger partial charge in [0, 0.05) is 38.4 Å². The average molecular weight is 279 g/mol. The minimum atomic E-state index is 0.731. The summed E-state index contributed by atoms with van der Waals surface area (Å²) in [5, 5.41) is 8.57. The monoisotopic (exact) mass is 278 g/mol. The molecule has 2 aromatic rings. The molecule has 0 atom stereocenters. The van der Waals surface area contributed by atoms with Crippen LogP contribution in [0.25, 0.3) is 0 Å². The van der Waals surface area contributed by atoms with Crippen LogP contribution in [0.1, 0.15) is 24.0 Å². The summed E-state index contributed by atoms with van der Waals surface area (Å²) < 4.78 is 1.86. The first kappa shape index (κ1) is 14.0. The highest BCUT2D eigenvalue weighted by atomic mass is 35.5. The third-order valence-electron chi connectivity index (χ3n) is 3.08. The summed E-state index contributed by atoms with van der Waals surface area (Å²) in [6, 6.07) is 5.97. The molecule has 2 heterocycles. The fourth-order valence-electron chi connectivity index (χ4n) is 1.98. The Hall–Kier alpha value is -1.39. The Bertz CT molecular complexity index is 522. The normalized spacial score (nSPS) is 10.9. The third-order valence-corrected chi connectivity index (χ3v) is 3.52. The van der Waals surface area contributed by atoms with Crippen molar-refractivity contribution in [2.75, 3.05) is 6.54 Å². The van der Waals surface area contributed by atoms with Crippen LogP contribution in [-0.4, -0.2) is 21.3 Å². The molecule has 19 heavy (non-hydrogen) atoms. The Kier molecular flexibility index (Phi) is 4.93. The first-order valence-corrected chi connectivity index (χ1v) is 6.91. The minimum Gasteiger partial charge on any atom is -0.311 e. The van der Waals surface area contributed by atoms with E-state index in [1.165, 1.54) is 0 Å². The van der Waals surface area contributed by atoms with Gasteiger partial charge < -0.3 is 5.32 Å². The van der Waals surface area contributed by atoms with E-state index in [2.05, 4.69) is 22.3 Å². The van der Waals surface area contributed by atoms with Crippen molar-refractivity contribution in [3.05, 3.63) is 46.5 Å². The molecule has 0 bridgehead atoms. The first-order valence-electron chi connectivity index (χ1n) is 6.53. The second kappa shape index (κ2) is 6.68. The number of aryl methyl sites for hydroxylation is 2. The molecule has 0 fully saturated rings. The molecule has 2 aromatic heterocycles. The minimum absolute atomic E-state index is 0.731. The van der Waals surface area contributed by atoms with Crippen LogP contribution in [0.3, 0.4) is 0 Å². The van der Waals surface area contributed by atoms with Gasteiger partial charge in [-0.1, -0.05) is 24.6 Å². The number of hydrogen-bond acceptors (Lipinski definition) is 3. The van der Waals surface area contributed by atoms with Gasteiger partial charge in [0.05, 0.1) is 16.4 Å². The molecule has 0 aliphatic rings. The summed E-state index contributed by atoms with van der Waals surface area (Å²) in [5.41, 5.74) is 3.10. The zero-order valence-corrected chi connectivity index (χ0v) is 12.1. The Balaban J connectivity index is 1.85. The second-order valence-corrected chi connectivity index (χ2v) is 4.81. The molecule has 0 spiro atoms. The van der Waals surface area contributed by atoms with E-state index < -0.39 is 0 Å². The molecular weight excluding hydrogens is 260 g/mol. The van der Waals surface area contributed by atoms with E-state index >= 15 is 0 Å². The highest BCUT2D eigenvalue weighted by molar-refractivity contribution is 6.31. The highest BCUT2D eigenvalue weighted by Crippen LogP contribution is 2.20. The van der Waals surface area contributed by atoms with Crippen LogP contribution < -0.4 is 5.32 Å². The van der Waals surface area contributed by atoms with Crippen molar-refractivity contribution in [2.45, 2.75) is 26.3 Å². The Morgan fingerprint density at radius 2 is 2.21 bits per heavy atom. The predicted octanol–water partition coefficient (Wildman–Crippen LogP) is 2.36. The maximum Gasteiger partial charge on any atom is 0.0863 e. The lowest BCUT2D eigenvalue weighted by molar-refractivity contribution is 0.620. The van der Waals surface area contributed by atoms with Gasteiger partial charge in [0.25, 0.3) is 0 Å². The molecule has 0 radical (unpaired) electrons. The molecule has 102 valence electrons. The molecule has 0 saturated heterocycles. The molecule has 4 nitrogen and oxygen atoms in total. The maximum atomic E-state index is 6.29. The van der Waals surface area contributed by atoms with E-state index in [0.717, 1.165) is 48.0 Å². The Morgan fingerprint density at radius 3 is 2.84 bits per heavy atom. The number of rotatable bonds is 6. The van der Waals surface area contributed by atoms with Crippen LogP contribution in [0.15, 0.2) is 24.4 Å². The predicted molar refractivity (Wildman–Crippen MR) is 77.2 cm³/mol.